The van der Waals surface area contributed by atoms with Gasteiger partial charge in [0.05, 0.1) is 0 Å². The van der Waals surface area contributed by atoms with E-state index in [4.69, 9.17) is 0 Å². The number of hydrogen-bond acceptors (Lipinski definition) is 1. The fraction of sp³-hybridized carbons (Fsp3) is 0.385. The van der Waals surface area contributed by atoms with Gasteiger partial charge in [-0.3, -0.25) is 0 Å². The van der Waals surface area contributed by atoms with E-state index in [-0.39, 0.29) is 5.82 Å². The predicted octanol–water partition coefficient (Wildman–Crippen LogP) is 6.41. The fourth-order valence-corrected chi connectivity index (χ4v) is 5.08. The van der Waals surface area contributed by atoms with Crippen molar-refractivity contribution in [2.75, 3.05) is 13.1 Å². The van der Waals surface area contributed by atoms with Gasteiger partial charge in [0.2, 0.25) is 0 Å². The molecule has 0 saturated carbocycles. The predicted molar refractivity (Wildman–Crippen MR) is 123 cm³/mol. The number of fused-ring (bicyclic) bond motifs is 2. The highest BCUT2D eigenvalue weighted by Gasteiger charge is 2.19. The van der Waals surface area contributed by atoms with Crippen LogP contribution >= 0.6 is 0 Å². The molecule has 2 unspecified atom stereocenters. The number of aromatic nitrogens is 2. The molecule has 2 aromatic carbocycles. The third kappa shape index (κ3) is 3.89. The Morgan fingerprint density at radius 3 is 2.83 bits per heavy atom. The molecule has 4 heteroatoms. The average molecular weight is 404 g/mol. The molecule has 0 spiro atoms. The van der Waals surface area contributed by atoms with Crippen molar-refractivity contribution in [2.24, 2.45) is 11.8 Å². The van der Waals surface area contributed by atoms with Crippen LogP contribution in [0.5, 0.6) is 0 Å². The molecule has 30 heavy (non-hydrogen) atoms. The number of H-pyrrole nitrogens is 2. The lowest BCUT2D eigenvalue weighted by molar-refractivity contribution is 0.319. The second-order valence-corrected chi connectivity index (χ2v) is 8.95. The molecule has 0 aliphatic carbocycles. The van der Waals surface area contributed by atoms with E-state index in [0.29, 0.717) is 0 Å². The summed E-state index contributed by atoms with van der Waals surface area (Å²) in [7, 11) is 0. The molecule has 1 aliphatic rings. The van der Waals surface area contributed by atoms with Crippen LogP contribution in [0, 0.1) is 17.7 Å². The van der Waals surface area contributed by atoms with Gasteiger partial charge >= 0.3 is 0 Å². The van der Waals surface area contributed by atoms with Crippen LogP contribution in [0.4, 0.5) is 4.39 Å². The van der Waals surface area contributed by atoms with Gasteiger partial charge in [0.15, 0.2) is 0 Å². The standard InChI is InChI=1S/C26H30FN3/c1-17-9-11-28-12-10-18(17)3-2-4-22-14-20-13-19(5-8-25(20)30-22)24-16-29-26-15-21(27)6-7-23(24)26/h5-8,13-18,28-30H,2-4,9-12H2,1H3. The van der Waals surface area contributed by atoms with Crippen LogP contribution in [-0.4, -0.2) is 23.1 Å². The second-order valence-electron chi connectivity index (χ2n) is 8.95. The van der Waals surface area contributed by atoms with Crippen LogP contribution in [0.15, 0.2) is 48.7 Å². The van der Waals surface area contributed by atoms with Crippen LogP contribution in [-0.2, 0) is 6.42 Å². The SMILES string of the molecule is CC1CCNCCC1CCCc1cc2cc(-c3c[nH]c4cc(F)ccc34)ccc2[nH]1. The summed E-state index contributed by atoms with van der Waals surface area (Å²) in [5.74, 6) is 1.47. The van der Waals surface area contributed by atoms with E-state index in [1.807, 2.05) is 12.3 Å². The van der Waals surface area contributed by atoms with E-state index in [1.165, 1.54) is 61.4 Å². The van der Waals surface area contributed by atoms with Crippen LogP contribution in [0.2, 0.25) is 0 Å². The topological polar surface area (TPSA) is 43.6 Å². The van der Waals surface area contributed by atoms with E-state index in [9.17, 15) is 4.39 Å². The molecular weight excluding hydrogens is 373 g/mol. The van der Waals surface area contributed by atoms with Crippen molar-refractivity contribution < 1.29 is 4.39 Å². The van der Waals surface area contributed by atoms with Gasteiger partial charge in [-0.2, -0.15) is 0 Å². The van der Waals surface area contributed by atoms with Gasteiger partial charge in [0.1, 0.15) is 5.82 Å². The molecule has 2 aromatic heterocycles. The Morgan fingerprint density at radius 2 is 1.90 bits per heavy atom. The monoisotopic (exact) mass is 403 g/mol. The first-order valence-electron chi connectivity index (χ1n) is 11.3. The zero-order valence-electron chi connectivity index (χ0n) is 17.6. The molecule has 3 nitrogen and oxygen atoms in total. The van der Waals surface area contributed by atoms with Gasteiger partial charge in [-0.05, 0) is 99.0 Å². The third-order valence-corrected chi connectivity index (χ3v) is 6.93. The van der Waals surface area contributed by atoms with E-state index < -0.39 is 0 Å². The molecule has 4 aromatic rings. The Hall–Kier alpha value is -2.59. The zero-order valence-corrected chi connectivity index (χ0v) is 17.6. The lowest BCUT2D eigenvalue weighted by Crippen LogP contribution is -2.14. The highest BCUT2D eigenvalue weighted by molar-refractivity contribution is 5.97. The maximum atomic E-state index is 13.5. The van der Waals surface area contributed by atoms with Gasteiger partial charge in [-0.25, -0.2) is 4.39 Å². The van der Waals surface area contributed by atoms with Crippen LogP contribution in [0.3, 0.4) is 0 Å². The normalized spacial score (nSPS) is 20.1. The maximum Gasteiger partial charge on any atom is 0.125 e. The molecule has 2 atom stereocenters. The summed E-state index contributed by atoms with van der Waals surface area (Å²) in [4.78, 5) is 6.80. The quantitative estimate of drug-likeness (QED) is 0.354. The van der Waals surface area contributed by atoms with E-state index in [1.54, 1.807) is 6.07 Å². The summed E-state index contributed by atoms with van der Waals surface area (Å²) in [6.07, 6.45) is 8.25. The first-order valence-corrected chi connectivity index (χ1v) is 11.3. The second kappa shape index (κ2) is 8.27. The highest BCUT2D eigenvalue weighted by atomic mass is 19.1. The average Bonchev–Trinajstić information content (AvgIpc) is 3.28. The number of aromatic amines is 2. The molecule has 5 rings (SSSR count). The fourth-order valence-electron chi connectivity index (χ4n) is 5.08. The number of nitrogens with one attached hydrogen (secondary N) is 3. The molecule has 156 valence electrons. The minimum atomic E-state index is -0.212. The molecular formula is C26H30FN3. The van der Waals surface area contributed by atoms with Crippen molar-refractivity contribution in [1.82, 2.24) is 15.3 Å². The summed E-state index contributed by atoms with van der Waals surface area (Å²) < 4.78 is 13.5. The van der Waals surface area contributed by atoms with Gasteiger partial charge in [0, 0.05) is 39.3 Å². The van der Waals surface area contributed by atoms with Crippen molar-refractivity contribution in [1.29, 1.82) is 0 Å². The van der Waals surface area contributed by atoms with E-state index in [0.717, 1.165) is 40.3 Å². The number of aryl methyl sites for hydroxylation is 1. The number of hydrogen-bond donors (Lipinski definition) is 3. The minimum absolute atomic E-state index is 0.212. The van der Waals surface area contributed by atoms with Crippen LogP contribution in [0.1, 0.15) is 38.3 Å². The Kier molecular flexibility index (Phi) is 5.34. The summed E-state index contributed by atoms with van der Waals surface area (Å²) in [6, 6.07) is 13.8. The van der Waals surface area contributed by atoms with Crippen LogP contribution < -0.4 is 5.32 Å². The van der Waals surface area contributed by atoms with Crippen molar-refractivity contribution >= 4 is 21.8 Å². The maximum absolute atomic E-state index is 13.5. The molecule has 0 bridgehead atoms. The molecule has 0 radical (unpaired) electrons. The molecule has 0 amide bonds. The van der Waals surface area contributed by atoms with Crippen molar-refractivity contribution in [3.8, 4) is 11.1 Å². The molecule has 3 heterocycles. The van der Waals surface area contributed by atoms with Crippen molar-refractivity contribution in [2.45, 2.75) is 39.0 Å². The minimum Gasteiger partial charge on any atom is -0.360 e. The van der Waals surface area contributed by atoms with Crippen molar-refractivity contribution in [3.05, 3.63) is 60.2 Å². The van der Waals surface area contributed by atoms with Gasteiger partial charge in [0.25, 0.3) is 0 Å². The molecule has 1 fully saturated rings. The summed E-state index contributed by atoms with van der Waals surface area (Å²) >= 11 is 0. The Labute approximate surface area is 177 Å². The lowest BCUT2D eigenvalue weighted by Gasteiger charge is -2.20. The summed E-state index contributed by atoms with van der Waals surface area (Å²) in [6.45, 7) is 4.76. The van der Waals surface area contributed by atoms with Gasteiger partial charge in [-0.15, -0.1) is 0 Å². The van der Waals surface area contributed by atoms with E-state index in [2.05, 4.69) is 46.5 Å². The number of rotatable bonds is 5. The zero-order chi connectivity index (χ0) is 20.5. The first-order chi connectivity index (χ1) is 14.7. The lowest BCUT2D eigenvalue weighted by atomic mass is 9.85. The molecule has 1 saturated heterocycles. The van der Waals surface area contributed by atoms with Gasteiger partial charge in [-0.1, -0.05) is 13.0 Å². The third-order valence-electron chi connectivity index (χ3n) is 6.93. The number of halogens is 1. The Bertz CT molecular complexity index is 1160. The van der Waals surface area contributed by atoms with Gasteiger partial charge < -0.3 is 15.3 Å². The highest BCUT2D eigenvalue weighted by Crippen LogP contribution is 2.32. The molecule has 3 N–H and O–H groups in total. The summed E-state index contributed by atoms with van der Waals surface area (Å²) in [5.41, 5.74) is 5.62. The number of benzene rings is 2. The summed E-state index contributed by atoms with van der Waals surface area (Å²) in [5, 5.41) is 5.83. The molecule has 1 aliphatic heterocycles. The Morgan fingerprint density at radius 1 is 1.00 bits per heavy atom. The van der Waals surface area contributed by atoms with E-state index >= 15 is 0 Å². The van der Waals surface area contributed by atoms with Crippen LogP contribution in [0.25, 0.3) is 32.9 Å². The Balaban J connectivity index is 1.31. The van der Waals surface area contributed by atoms with Crippen molar-refractivity contribution in [3.63, 3.8) is 0 Å². The first kappa shape index (κ1) is 19.4. The largest absolute Gasteiger partial charge is 0.360 e. The smallest absolute Gasteiger partial charge is 0.125 e.